The van der Waals surface area contributed by atoms with E-state index in [2.05, 4.69) is 6.92 Å². The highest BCUT2D eigenvalue weighted by atomic mass is 35.5. The first-order valence-corrected chi connectivity index (χ1v) is 7.10. The van der Waals surface area contributed by atoms with Crippen LogP contribution in [0.5, 0.6) is 5.75 Å². The Kier molecular flexibility index (Phi) is 6.14. The molecule has 0 aliphatic rings. The molecule has 0 spiro atoms. The largest absolute Gasteiger partial charge is 0.495 e. The van der Waals surface area contributed by atoms with Crippen molar-refractivity contribution >= 4 is 23.3 Å². The monoisotopic (exact) mass is 299 g/mol. The zero-order valence-electron chi connectivity index (χ0n) is 12.4. The fourth-order valence-electron chi connectivity index (χ4n) is 2.05. The van der Waals surface area contributed by atoms with E-state index in [4.69, 9.17) is 21.4 Å². The van der Waals surface area contributed by atoms with E-state index in [0.29, 0.717) is 17.3 Å². The predicted molar refractivity (Wildman–Crippen MR) is 82.0 cm³/mol. The van der Waals surface area contributed by atoms with Crippen LogP contribution in [0.4, 0.5) is 5.69 Å². The summed E-state index contributed by atoms with van der Waals surface area (Å²) in [7, 11) is 1.59. The van der Waals surface area contributed by atoms with Crippen molar-refractivity contribution in [2.24, 2.45) is 5.92 Å². The zero-order valence-corrected chi connectivity index (χ0v) is 13.2. The molecule has 0 aliphatic heterocycles. The van der Waals surface area contributed by atoms with Crippen LogP contribution < -0.4 is 9.64 Å². The molecular formula is C15H22ClNO3. The molecule has 0 saturated heterocycles. The van der Waals surface area contributed by atoms with Gasteiger partial charge in [0, 0.05) is 24.2 Å². The van der Waals surface area contributed by atoms with Gasteiger partial charge in [-0.1, -0.05) is 25.4 Å². The molecule has 1 rings (SSSR count). The van der Waals surface area contributed by atoms with Gasteiger partial charge in [0.1, 0.15) is 5.75 Å². The van der Waals surface area contributed by atoms with Crippen molar-refractivity contribution in [2.75, 3.05) is 25.1 Å². The Morgan fingerprint density at radius 1 is 1.50 bits per heavy atom. The summed E-state index contributed by atoms with van der Waals surface area (Å²) in [5.74, 6) is -0.565. The van der Waals surface area contributed by atoms with Gasteiger partial charge in [0.05, 0.1) is 18.7 Å². The third-order valence-corrected chi connectivity index (χ3v) is 3.62. The number of halogens is 1. The van der Waals surface area contributed by atoms with Gasteiger partial charge >= 0.3 is 5.97 Å². The third-order valence-electron chi connectivity index (χ3n) is 3.21. The molecule has 0 heterocycles. The lowest BCUT2D eigenvalue weighted by molar-refractivity contribution is -0.140. The second-order valence-corrected chi connectivity index (χ2v) is 5.37. The van der Waals surface area contributed by atoms with Crippen molar-refractivity contribution in [3.05, 3.63) is 22.7 Å². The van der Waals surface area contributed by atoms with Crippen LogP contribution in [0.3, 0.4) is 0 Å². The summed E-state index contributed by atoms with van der Waals surface area (Å²) in [4.78, 5) is 13.1. The number of hydrogen-bond donors (Lipinski definition) is 1. The lowest BCUT2D eigenvalue weighted by atomic mass is 10.1. The summed E-state index contributed by atoms with van der Waals surface area (Å²) in [5.41, 5.74) is 1.84. The summed E-state index contributed by atoms with van der Waals surface area (Å²) in [5, 5.41) is 9.74. The van der Waals surface area contributed by atoms with Crippen molar-refractivity contribution in [1.82, 2.24) is 0 Å². The molecule has 112 valence electrons. The van der Waals surface area contributed by atoms with E-state index in [-0.39, 0.29) is 0 Å². The van der Waals surface area contributed by atoms with Crippen LogP contribution in [0.1, 0.15) is 25.8 Å². The van der Waals surface area contributed by atoms with Gasteiger partial charge < -0.3 is 14.7 Å². The van der Waals surface area contributed by atoms with Gasteiger partial charge in [-0.3, -0.25) is 4.79 Å². The zero-order chi connectivity index (χ0) is 15.3. The molecule has 0 amide bonds. The number of hydrogen-bond acceptors (Lipinski definition) is 3. The number of ether oxygens (including phenoxy) is 1. The maximum absolute atomic E-state index is 11.1. The minimum Gasteiger partial charge on any atom is -0.495 e. The normalized spacial score (nSPS) is 12.1. The number of methoxy groups -OCH3 is 1. The number of carboxylic acid groups (broad SMARTS) is 1. The molecule has 0 radical (unpaired) electrons. The predicted octanol–water partition coefficient (Wildman–Crippen LogP) is 3.59. The quantitative estimate of drug-likeness (QED) is 0.836. The fraction of sp³-hybridized carbons (Fsp3) is 0.533. The number of anilines is 1. The van der Waals surface area contributed by atoms with Crippen molar-refractivity contribution in [3.8, 4) is 5.75 Å². The van der Waals surface area contributed by atoms with Crippen LogP contribution in [0, 0.1) is 12.8 Å². The SMILES string of the molecule is CCCN(CC(C)C(=O)O)c1cc(C)c(Cl)cc1OC. The fourth-order valence-corrected chi connectivity index (χ4v) is 2.20. The van der Waals surface area contributed by atoms with Crippen LogP contribution in [-0.4, -0.2) is 31.3 Å². The summed E-state index contributed by atoms with van der Waals surface area (Å²) in [6.07, 6.45) is 0.928. The van der Waals surface area contributed by atoms with E-state index >= 15 is 0 Å². The number of aryl methyl sites for hydroxylation is 1. The second kappa shape index (κ2) is 7.39. The van der Waals surface area contributed by atoms with Crippen molar-refractivity contribution in [3.63, 3.8) is 0 Å². The van der Waals surface area contributed by atoms with Gasteiger partial charge in [-0.25, -0.2) is 0 Å². The third kappa shape index (κ3) is 4.04. The summed E-state index contributed by atoms with van der Waals surface area (Å²) in [6, 6.07) is 3.73. The molecule has 0 bridgehead atoms. The van der Waals surface area contributed by atoms with Crippen molar-refractivity contribution in [2.45, 2.75) is 27.2 Å². The van der Waals surface area contributed by atoms with Crippen LogP contribution in [-0.2, 0) is 4.79 Å². The van der Waals surface area contributed by atoms with E-state index < -0.39 is 11.9 Å². The summed E-state index contributed by atoms with van der Waals surface area (Å²) < 4.78 is 5.38. The van der Waals surface area contributed by atoms with Crippen molar-refractivity contribution < 1.29 is 14.6 Å². The maximum atomic E-state index is 11.1. The molecule has 0 aliphatic carbocycles. The number of rotatable bonds is 7. The lowest BCUT2D eigenvalue weighted by Crippen LogP contribution is -2.32. The first kappa shape index (κ1) is 16.6. The number of aliphatic carboxylic acids is 1. The first-order valence-electron chi connectivity index (χ1n) is 6.72. The van der Waals surface area contributed by atoms with Gasteiger partial charge in [-0.15, -0.1) is 0 Å². The van der Waals surface area contributed by atoms with Gasteiger partial charge in [0.25, 0.3) is 0 Å². The van der Waals surface area contributed by atoms with E-state index in [1.807, 2.05) is 17.9 Å². The molecule has 1 aromatic carbocycles. The Labute approximate surface area is 125 Å². The Morgan fingerprint density at radius 2 is 2.15 bits per heavy atom. The topological polar surface area (TPSA) is 49.8 Å². The highest BCUT2D eigenvalue weighted by molar-refractivity contribution is 6.31. The average Bonchev–Trinajstić information content (AvgIpc) is 2.40. The lowest BCUT2D eigenvalue weighted by Gasteiger charge is -2.28. The van der Waals surface area contributed by atoms with Crippen LogP contribution in [0.15, 0.2) is 12.1 Å². The number of nitrogens with zero attached hydrogens (tertiary/aromatic N) is 1. The highest BCUT2D eigenvalue weighted by Gasteiger charge is 2.19. The number of carboxylic acids is 1. The molecular weight excluding hydrogens is 278 g/mol. The van der Waals surface area contributed by atoms with Crippen molar-refractivity contribution in [1.29, 1.82) is 0 Å². The van der Waals surface area contributed by atoms with Crippen LogP contribution in [0.25, 0.3) is 0 Å². The van der Waals surface area contributed by atoms with E-state index in [1.54, 1.807) is 20.1 Å². The molecule has 1 N–H and O–H groups in total. The Morgan fingerprint density at radius 3 is 2.65 bits per heavy atom. The van der Waals surface area contributed by atoms with Gasteiger partial charge in [0.2, 0.25) is 0 Å². The molecule has 4 nitrogen and oxygen atoms in total. The van der Waals surface area contributed by atoms with E-state index in [1.165, 1.54) is 0 Å². The molecule has 0 aromatic heterocycles. The van der Waals surface area contributed by atoms with E-state index in [9.17, 15) is 4.79 Å². The Hall–Kier alpha value is -1.42. The van der Waals surface area contributed by atoms with Gasteiger partial charge in [-0.2, -0.15) is 0 Å². The molecule has 0 saturated carbocycles. The van der Waals surface area contributed by atoms with Crippen LogP contribution in [0.2, 0.25) is 5.02 Å². The maximum Gasteiger partial charge on any atom is 0.308 e. The van der Waals surface area contributed by atoms with Crippen LogP contribution >= 0.6 is 11.6 Å². The summed E-state index contributed by atoms with van der Waals surface area (Å²) >= 11 is 6.11. The minimum atomic E-state index is -0.796. The standard InChI is InChI=1S/C15H22ClNO3/c1-5-6-17(9-11(3)15(18)19)13-7-10(2)12(16)8-14(13)20-4/h7-8,11H,5-6,9H2,1-4H3,(H,18,19). The minimum absolute atomic E-state index is 0.442. The molecule has 1 aromatic rings. The van der Waals surface area contributed by atoms with E-state index in [0.717, 1.165) is 24.2 Å². The second-order valence-electron chi connectivity index (χ2n) is 4.96. The smallest absolute Gasteiger partial charge is 0.308 e. The number of carbonyl (C=O) groups is 1. The first-order chi connectivity index (χ1) is 9.40. The highest BCUT2D eigenvalue weighted by Crippen LogP contribution is 2.34. The average molecular weight is 300 g/mol. The molecule has 0 fully saturated rings. The van der Waals surface area contributed by atoms with Gasteiger partial charge in [0.15, 0.2) is 0 Å². The molecule has 1 unspecified atom stereocenters. The Balaban J connectivity index is 3.13. The molecule has 20 heavy (non-hydrogen) atoms. The number of benzene rings is 1. The molecule has 5 heteroatoms. The van der Waals surface area contributed by atoms with Gasteiger partial charge in [-0.05, 0) is 25.0 Å². The Bertz CT molecular complexity index is 476. The molecule has 1 atom stereocenters. The summed E-state index contributed by atoms with van der Waals surface area (Å²) in [6.45, 7) is 6.92.